The molecule has 6 nitrogen and oxygen atoms in total. The van der Waals surface area contributed by atoms with E-state index in [2.05, 4.69) is 22.5 Å². The number of carbonyl (C=O) groups is 2. The van der Waals surface area contributed by atoms with Crippen molar-refractivity contribution in [1.82, 2.24) is 10.6 Å². The zero-order chi connectivity index (χ0) is 15.2. The Balaban J connectivity index is 1.65. The fourth-order valence-electron chi connectivity index (χ4n) is 1.65. The van der Waals surface area contributed by atoms with E-state index < -0.39 is 5.97 Å². The summed E-state index contributed by atoms with van der Waals surface area (Å²) < 4.78 is 4.87. The maximum Gasteiger partial charge on any atom is 0.333 e. The van der Waals surface area contributed by atoms with E-state index in [0.29, 0.717) is 5.57 Å². The highest BCUT2D eigenvalue weighted by Gasteiger charge is 2.21. The smallest absolute Gasteiger partial charge is 0.333 e. The molecule has 7 heteroatoms. The summed E-state index contributed by atoms with van der Waals surface area (Å²) >= 11 is 1.53. The van der Waals surface area contributed by atoms with Crippen molar-refractivity contribution in [3.05, 3.63) is 36.4 Å². The second-order valence-electron chi connectivity index (χ2n) is 4.45. The first-order valence-corrected chi connectivity index (χ1v) is 7.33. The van der Waals surface area contributed by atoms with E-state index >= 15 is 0 Å². The van der Waals surface area contributed by atoms with Crippen LogP contribution in [0.3, 0.4) is 0 Å². The topological polar surface area (TPSA) is 79.5 Å². The second-order valence-corrected chi connectivity index (χ2v) is 5.60. The van der Waals surface area contributed by atoms with E-state index in [1.54, 1.807) is 6.92 Å². The number of thioether (sulfide) groups is 1. The van der Waals surface area contributed by atoms with Crippen LogP contribution in [0.4, 0.5) is 10.5 Å². The molecule has 2 amide bonds. The van der Waals surface area contributed by atoms with Crippen LogP contribution in [0.15, 0.2) is 41.3 Å². The maximum absolute atomic E-state index is 11.7. The first kappa shape index (κ1) is 15.2. The van der Waals surface area contributed by atoms with Crippen LogP contribution >= 0.6 is 11.8 Å². The van der Waals surface area contributed by atoms with Gasteiger partial charge in [-0.3, -0.25) is 0 Å². The van der Waals surface area contributed by atoms with Gasteiger partial charge in [0, 0.05) is 10.5 Å². The van der Waals surface area contributed by atoms with Crippen molar-refractivity contribution in [2.45, 2.75) is 17.3 Å². The van der Waals surface area contributed by atoms with Crippen molar-refractivity contribution in [1.29, 1.82) is 0 Å². The molecular formula is C14H17N3O3S. The molecule has 1 aliphatic rings. The van der Waals surface area contributed by atoms with Crippen molar-refractivity contribution in [3.63, 3.8) is 0 Å². The van der Waals surface area contributed by atoms with E-state index in [1.165, 1.54) is 11.8 Å². The van der Waals surface area contributed by atoms with E-state index in [1.807, 2.05) is 24.3 Å². The average Bonchev–Trinajstić information content (AvgIpc) is 2.85. The van der Waals surface area contributed by atoms with Gasteiger partial charge in [-0.2, -0.15) is 0 Å². The number of hydrogen-bond acceptors (Lipinski definition) is 5. The molecule has 0 fully saturated rings. The molecule has 0 saturated carbocycles. The van der Waals surface area contributed by atoms with E-state index in [4.69, 9.17) is 4.74 Å². The SMILES string of the molecule is C=C(C)C(=O)OCCNC(=O)NC1Nc2ccccc2S1. The number of anilines is 1. The standard InChI is InChI=1S/C14H17N3O3S/c1-9(2)12(18)20-8-7-15-13(19)17-14-16-10-5-3-4-6-11(10)21-14/h3-6,14,16H,1,7-8H2,2H3,(H2,15,17,19). The number of amides is 2. The maximum atomic E-state index is 11.7. The molecule has 0 saturated heterocycles. The number of fused-ring (bicyclic) bond motifs is 1. The van der Waals surface area contributed by atoms with Crippen molar-refractivity contribution in [2.24, 2.45) is 0 Å². The molecule has 0 aliphatic carbocycles. The minimum Gasteiger partial charge on any atom is -0.460 e. The molecule has 1 aliphatic heterocycles. The third-order valence-electron chi connectivity index (χ3n) is 2.65. The number of ether oxygens (including phenoxy) is 1. The summed E-state index contributed by atoms with van der Waals surface area (Å²) in [4.78, 5) is 23.9. The lowest BCUT2D eigenvalue weighted by Gasteiger charge is -2.13. The summed E-state index contributed by atoms with van der Waals surface area (Å²) in [5.74, 6) is -0.458. The molecule has 3 N–H and O–H groups in total. The Hall–Kier alpha value is -2.15. The van der Waals surface area contributed by atoms with Crippen LogP contribution in [0.1, 0.15) is 6.92 Å². The number of nitrogens with one attached hydrogen (secondary N) is 3. The Morgan fingerprint density at radius 2 is 2.19 bits per heavy atom. The first-order valence-electron chi connectivity index (χ1n) is 6.45. The van der Waals surface area contributed by atoms with E-state index in [0.717, 1.165) is 10.6 Å². The van der Waals surface area contributed by atoms with Crippen LogP contribution in [0, 0.1) is 0 Å². The highest BCUT2D eigenvalue weighted by molar-refractivity contribution is 8.00. The monoisotopic (exact) mass is 307 g/mol. The number of rotatable bonds is 5. The number of hydrogen-bond donors (Lipinski definition) is 3. The van der Waals surface area contributed by atoms with Crippen LogP contribution in [0.2, 0.25) is 0 Å². The van der Waals surface area contributed by atoms with Gasteiger partial charge in [-0.1, -0.05) is 30.5 Å². The normalized spacial score (nSPS) is 15.6. The summed E-state index contributed by atoms with van der Waals surface area (Å²) in [5.41, 5.74) is 1.13. The Labute approximate surface area is 127 Å². The second kappa shape index (κ2) is 7.03. The quantitative estimate of drug-likeness (QED) is 0.440. The predicted molar refractivity (Wildman–Crippen MR) is 82.0 cm³/mol. The van der Waals surface area contributed by atoms with Crippen LogP contribution in [-0.2, 0) is 9.53 Å². The highest BCUT2D eigenvalue weighted by atomic mass is 32.2. The zero-order valence-electron chi connectivity index (χ0n) is 11.6. The predicted octanol–water partition coefficient (Wildman–Crippen LogP) is 1.91. The molecule has 1 heterocycles. The lowest BCUT2D eigenvalue weighted by atomic mass is 10.3. The lowest BCUT2D eigenvalue weighted by molar-refractivity contribution is -0.138. The van der Waals surface area contributed by atoms with Gasteiger partial charge in [-0.05, 0) is 19.1 Å². The molecule has 2 rings (SSSR count). The summed E-state index contributed by atoms with van der Waals surface area (Å²) in [5, 5.41) is 8.58. The van der Waals surface area contributed by atoms with Crippen molar-refractivity contribution < 1.29 is 14.3 Å². The number of urea groups is 1. The van der Waals surface area contributed by atoms with Gasteiger partial charge in [0.25, 0.3) is 0 Å². The fourth-order valence-corrected chi connectivity index (χ4v) is 2.67. The molecule has 0 bridgehead atoms. The Morgan fingerprint density at radius 1 is 1.43 bits per heavy atom. The average molecular weight is 307 g/mol. The van der Waals surface area contributed by atoms with Gasteiger partial charge in [0.1, 0.15) is 6.61 Å². The summed E-state index contributed by atoms with van der Waals surface area (Å²) in [6, 6.07) is 7.51. The Bertz CT molecular complexity index is 537. The van der Waals surface area contributed by atoms with Gasteiger partial charge in [-0.25, -0.2) is 9.59 Å². The Kier molecular flexibility index (Phi) is 5.10. The molecular weight excluding hydrogens is 290 g/mol. The van der Waals surface area contributed by atoms with E-state index in [-0.39, 0.29) is 24.7 Å². The van der Waals surface area contributed by atoms with Crippen LogP contribution in [-0.4, -0.2) is 30.6 Å². The van der Waals surface area contributed by atoms with Crippen LogP contribution in [0.25, 0.3) is 0 Å². The molecule has 0 aromatic heterocycles. The fraction of sp³-hybridized carbons (Fsp3) is 0.286. The largest absolute Gasteiger partial charge is 0.460 e. The summed E-state index contributed by atoms with van der Waals surface area (Å²) in [7, 11) is 0. The number of benzene rings is 1. The van der Waals surface area contributed by atoms with Gasteiger partial charge >= 0.3 is 12.0 Å². The van der Waals surface area contributed by atoms with Gasteiger partial charge in [-0.15, -0.1) is 0 Å². The van der Waals surface area contributed by atoms with Crippen LogP contribution < -0.4 is 16.0 Å². The zero-order valence-corrected chi connectivity index (χ0v) is 12.5. The van der Waals surface area contributed by atoms with Crippen LogP contribution in [0.5, 0.6) is 0 Å². The minimum absolute atomic E-state index is 0.116. The molecule has 1 aromatic rings. The first-order chi connectivity index (χ1) is 10.1. The van der Waals surface area contributed by atoms with Gasteiger partial charge in [0.2, 0.25) is 0 Å². The third kappa shape index (κ3) is 4.42. The summed E-state index contributed by atoms with van der Waals surface area (Å²) in [6.45, 7) is 5.41. The van der Waals surface area contributed by atoms with Crippen molar-refractivity contribution in [3.8, 4) is 0 Å². The molecule has 0 radical (unpaired) electrons. The molecule has 1 unspecified atom stereocenters. The highest BCUT2D eigenvalue weighted by Crippen LogP contribution is 2.36. The van der Waals surface area contributed by atoms with Crippen molar-refractivity contribution in [2.75, 3.05) is 18.5 Å². The number of esters is 1. The molecule has 1 aromatic carbocycles. The minimum atomic E-state index is -0.458. The van der Waals surface area contributed by atoms with Crippen molar-refractivity contribution >= 4 is 29.4 Å². The molecule has 0 spiro atoms. The molecule has 112 valence electrons. The van der Waals surface area contributed by atoms with Gasteiger partial charge < -0.3 is 20.7 Å². The molecule has 1 atom stereocenters. The number of para-hydroxylation sites is 1. The molecule has 21 heavy (non-hydrogen) atoms. The van der Waals surface area contributed by atoms with E-state index in [9.17, 15) is 9.59 Å². The lowest BCUT2D eigenvalue weighted by Crippen LogP contribution is -2.43. The third-order valence-corrected chi connectivity index (χ3v) is 3.73. The number of carbonyl (C=O) groups excluding carboxylic acids is 2. The Morgan fingerprint density at radius 3 is 2.90 bits per heavy atom. The van der Waals surface area contributed by atoms with Gasteiger partial charge in [0.15, 0.2) is 5.50 Å². The van der Waals surface area contributed by atoms with Gasteiger partial charge in [0.05, 0.1) is 12.2 Å². The summed E-state index contributed by atoms with van der Waals surface area (Å²) in [6.07, 6.45) is 0.